The molecule has 4 rings (SSSR count). The molecule has 0 radical (unpaired) electrons. The zero-order chi connectivity index (χ0) is 18.8. The summed E-state index contributed by atoms with van der Waals surface area (Å²) in [7, 11) is 0. The van der Waals surface area contributed by atoms with E-state index in [1.165, 1.54) is 11.3 Å². The topological polar surface area (TPSA) is 67.5 Å². The quantitative estimate of drug-likeness (QED) is 0.265. The van der Waals surface area contributed by atoms with Crippen LogP contribution in [-0.2, 0) is 0 Å². The second-order valence-corrected chi connectivity index (χ2v) is 7.32. The van der Waals surface area contributed by atoms with Gasteiger partial charge in [0.25, 0.3) is 0 Å². The number of thiazole rings is 1. The number of anilines is 1. The highest BCUT2D eigenvalue weighted by Crippen LogP contribution is 2.26. The van der Waals surface area contributed by atoms with Crippen molar-refractivity contribution in [2.24, 2.45) is 5.10 Å². The Hall–Kier alpha value is -2.67. The van der Waals surface area contributed by atoms with E-state index < -0.39 is 5.63 Å². The number of nitrogens with zero attached hydrogens (tertiary/aromatic N) is 2. The highest BCUT2D eigenvalue weighted by atomic mass is 35.5. The van der Waals surface area contributed by atoms with E-state index in [0.29, 0.717) is 32.0 Å². The first kappa shape index (κ1) is 17.7. The van der Waals surface area contributed by atoms with Gasteiger partial charge in [-0.1, -0.05) is 35.3 Å². The molecule has 0 saturated heterocycles. The van der Waals surface area contributed by atoms with Crippen molar-refractivity contribution in [1.82, 2.24) is 4.98 Å². The van der Waals surface area contributed by atoms with E-state index in [1.54, 1.807) is 48.0 Å². The molecule has 0 atom stereocenters. The normalized spacial score (nSPS) is 11.3. The SMILES string of the molecule is O=c1oc2ccc(Cl)cc2cc1-c1csc(NN=Cc2ccc(Cl)cc2)n1. The van der Waals surface area contributed by atoms with E-state index in [-0.39, 0.29) is 0 Å². The Bertz CT molecular complexity index is 1200. The fourth-order valence-corrected chi connectivity index (χ4v) is 3.40. The lowest BCUT2D eigenvalue weighted by molar-refractivity contribution is 0.563. The zero-order valence-corrected chi connectivity index (χ0v) is 16.0. The summed E-state index contributed by atoms with van der Waals surface area (Å²) in [4.78, 5) is 16.7. The van der Waals surface area contributed by atoms with Crippen LogP contribution in [0.2, 0.25) is 10.0 Å². The Kier molecular flexibility index (Phi) is 4.94. The van der Waals surface area contributed by atoms with Crippen molar-refractivity contribution < 1.29 is 4.42 Å². The van der Waals surface area contributed by atoms with Gasteiger partial charge in [-0.25, -0.2) is 9.78 Å². The number of hydrazone groups is 1. The summed E-state index contributed by atoms with van der Waals surface area (Å²) in [5.74, 6) is 0. The average molecular weight is 416 g/mol. The van der Waals surface area contributed by atoms with Gasteiger partial charge in [0.2, 0.25) is 5.13 Å². The summed E-state index contributed by atoms with van der Waals surface area (Å²) in [6.07, 6.45) is 1.66. The van der Waals surface area contributed by atoms with Crippen molar-refractivity contribution >= 4 is 56.9 Å². The first-order valence-electron chi connectivity index (χ1n) is 7.82. The smallest absolute Gasteiger partial charge is 0.345 e. The number of aromatic nitrogens is 1. The van der Waals surface area contributed by atoms with Crippen LogP contribution in [0.5, 0.6) is 0 Å². The van der Waals surface area contributed by atoms with Gasteiger partial charge in [0.15, 0.2) is 0 Å². The lowest BCUT2D eigenvalue weighted by atomic mass is 10.1. The monoisotopic (exact) mass is 415 g/mol. The van der Waals surface area contributed by atoms with E-state index in [2.05, 4.69) is 15.5 Å². The highest BCUT2D eigenvalue weighted by Gasteiger charge is 2.11. The molecule has 0 unspecified atom stereocenters. The van der Waals surface area contributed by atoms with Gasteiger partial charge in [-0.3, -0.25) is 5.43 Å². The predicted octanol–water partition coefficient (Wildman–Crippen LogP) is 5.67. The van der Waals surface area contributed by atoms with Crippen LogP contribution in [0, 0.1) is 0 Å². The third-order valence-electron chi connectivity index (χ3n) is 3.72. The van der Waals surface area contributed by atoms with Crippen LogP contribution in [-0.4, -0.2) is 11.2 Å². The molecule has 0 aliphatic carbocycles. The molecule has 2 aromatic carbocycles. The minimum atomic E-state index is -0.452. The molecule has 134 valence electrons. The molecule has 0 amide bonds. The molecule has 1 N–H and O–H groups in total. The molecule has 0 bridgehead atoms. The van der Waals surface area contributed by atoms with Crippen molar-refractivity contribution in [3.63, 3.8) is 0 Å². The van der Waals surface area contributed by atoms with E-state index in [0.717, 1.165) is 10.9 Å². The molecule has 27 heavy (non-hydrogen) atoms. The van der Waals surface area contributed by atoms with Crippen molar-refractivity contribution in [2.75, 3.05) is 5.43 Å². The average Bonchev–Trinajstić information content (AvgIpc) is 3.12. The molecule has 8 heteroatoms. The van der Waals surface area contributed by atoms with Crippen molar-refractivity contribution in [3.8, 4) is 11.3 Å². The fourth-order valence-electron chi connectivity index (χ4n) is 2.43. The van der Waals surface area contributed by atoms with Crippen molar-refractivity contribution in [1.29, 1.82) is 0 Å². The first-order chi connectivity index (χ1) is 13.1. The van der Waals surface area contributed by atoms with Gasteiger partial charge in [0.1, 0.15) is 5.58 Å². The summed E-state index contributed by atoms with van der Waals surface area (Å²) >= 11 is 13.2. The van der Waals surface area contributed by atoms with Crippen LogP contribution < -0.4 is 11.1 Å². The Balaban J connectivity index is 1.57. The molecule has 0 aliphatic rings. The third-order valence-corrected chi connectivity index (χ3v) is 4.95. The summed E-state index contributed by atoms with van der Waals surface area (Å²) in [5, 5.41) is 8.44. The minimum absolute atomic E-state index is 0.371. The highest BCUT2D eigenvalue weighted by molar-refractivity contribution is 7.14. The summed E-state index contributed by atoms with van der Waals surface area (Å²) < 4.78 is 5.35. The van der Waals surface area contributed by atoms with E-state index in [1.807, 2.05) is 12.1 Å². The van der Waals surface area contributed by atoms with Gasteiger partial charge in [-0.05, 0) is 42.0 Å². The molecule has 2 heterocycles. The standard InChI is InChI=1S/C19H11Cl2N3O2S/c20-13-3-1-11(2-4-13)9-22-24-19-23-16(10-27-19)15-8-12-7-14(21)5-6-17(12)26-18(15)25/h1-10H,(H,23,24). The number of hydrogen-bond donors (Lipinski definition) is 1. The lowest BCUT2D eigenvalue weighted by Gasteiger charge is -2.00. The van der Waals surface area contributed by atoms with Crippen molar-refractivity contribution in [3.05, 3.63) is 79.9 Å². The second kappa shape index (κ2) is 7.52. The molecule has 2 aromatic heterocycles. The number of fused-ring (bicyclic) bond motifs is 1. The van der Waals surface area contributed by atoms with Crippen molar-refractivity contribution in [2.45, 2.75) is 0 Å². The van der Waals surface area contributed by atoms with Gasteiger partial charge in [-0.15, -0.1) is 11.3 Å². The molecule has 0 aliphatic heterocycles. The summed E-state index contributed by atoms with van der Waals surface area (Å²) in [5.41, 5.74) is 4.67. The maximum absolute atomic E-state index is 12.3. The Morgan fingerprint density at radius 2 is 1.85 bits per heavy atom. The molecule has 0 fully saturated rings. The van der Waals surface area contributed by atoms with Gasteiger partial charge in [0, 0.05) is 20.8 Å². The van der Waals surface area contributed by atoms with Crippen LogP contribution in [0.3, 0.4) is 0 Å². The molecule has 0 spiro atoms. The number of halogens is 2. The van der Waals surface area contributed by atoms with Gasteiger partial charge in [-0.2, -0.15) is 5.10 Å². The Morgan fingerprint density at radius 1 is 1.07 bits per heavy atom. The fraction of sp³-hybridized carbons (Fsp3) is 0. The van der Waals surface area contributed by atoms with Gasteiger partial charge in [0.05, 0.1) is 17.5 Å². The molecule has 4 aromatic rings. The maximum Gasteiger partial charge on any atom is 0.345 e. The lowest BCUT2D eigenvalue weighted by Crippen LogP contribution is -2.03. The summed E-state index contributed by atoms with van der Waals surface area (Å²) in [6.45, 7) is 0. The van der Waals surface area contributed by atoms with Crippen LogP contribution in [0.25, 0.3) is 22.2 Å². The molecular weight excluding hydrogens is 405 g/mol. The predicted molar refractivity (Wildman–Crippen MR) is 111 cm³/mol. The van der Waals surface area contributed by atoms with Crippen LogP contribution in [0.1, 0.15) is 5.56 Å². The van der Waals surface area contributed by atoms with Crippen LogP contribution in [0.4, 0.5) is 5.13 Å². The van der Waals surface area contributed by atoms with Crippen LogP contribution >= 0.6 is 34.5 Å². The number of benzene rings is 2. The first-order valence-corrected chi connectivity index (χ1v) is 9.46. The van der Waals surface area contributed by atoms with E-state index in [4.69, 9.17) is 27.6 Å². The molecular formula is C19H11Cl2N3O2S. The van der Waals surface area contributed by atoms with E-state index in [9.17, 15) is 4.79 Å². The minimum Gasteiger partial charge on any atom is -0.422 e. The van der Waals surface area contributed by atoms with E-state index >= 15 is 0 Å². The Labute approximate surface area is 167 Å². The molecule has 5 nitrogen and oxygen atoms in total. The summed E-state index contributed by atoms with van der Waals surface area (Å²) in [6, 6.07) is 14.1. The number of hydrogen-bond acceptors (Lipinski definition) is 6. The van der Waals surface area contributed by atoms with Gasteiger partial charge < -0.3 is 4.42 Å². The molecule has 0 saturated carbocycles. The maximum atomic E-state index is 12.3. The van der Waals surface area contributed by atoms with Crippen LogP contribution in [0.15, 0.2) is 68.2 Å². The Morgan fingerprint density at radius 3 is 2.67 bits per heavy atom. The third kappa shape index (κ3) is 4.03. The largest absolute Gasteiger partial charge is 0.422 e. The number of nitrogens with one attached hydrogen (secondary N) is 1. The van der Waals surface area contributed by atoms with Gasteiger partial charge >= 0.3 is 5.63 Å². The second-order valence-electron chi connectivity index (χ2n) is 5.59. The zero-order valence-electron chi connectivity index (χ0n) is 13.6. The number of rotatable bonds is 4.